The van der Waals surface area contributed by atoms with Crippen LogP contribution in [0.15, 0.2) is 52.3 Å². The molecule has 0 amide bonds. The van der Waals surface area contributed by atoms with Gasteiger partial charge in [-0.2, -0.15) is 0 Å². The van der Waals surface area contributed by atoms with E-state index in [1.54, 1.807) is 11.8 Å². The van der Waals surface area contributed by atoms with E-state index in [4.69, 9.17) is 0 Å². The molecule has 4 rings (SSSR count). The van der Waals surface area contributed by atoms with Crippen molar-refractivity contribution in [3.63, 3.8) is 0 Å². The van der Waals surface area contributed by atoms with Gasteiger partial charge in [-0.25, -0.2) is 0 Å². The van der Waals surface area contributed by atoms with Crippen LogP contribution in [-0.2, 0) is 0 Å². The molecule has 1 aliphatic rings. The third-order valence-corrected chi connectivity index (χ3v) is 4.14. The number of benzene rings is 2. The highest BCUT2D eigenvalue weighted by molar-refractivity contribution is 7.99. The quantitative estimate of drug-likeness (QED) is 0.479. The van der Waals surface area contributed by atoms with Crippen LogP contribution in [0.2, 0.25) is 0 Å². The van der Waals surface area contributed by atoms with Crippen LogP contribution in [0.5, 0.6) is 0 Å². The standard InChI is InChI=1S/C13H8N2OS/c16-15-13-8-4-1-2-6-10(8)17-11-7-3-5-9(14-15)12(11)13/h1-7,16H. The van der Waals surface area contributed by atoms with Gasteiger partial charge in [0.1, 0.15) is 5.69 Å². The van der Waals surface area contributed by atoms with Crippen molar-refractivity contribution in [3.05, 3.63) is 42.5 Å². The second-order valence-electron chi connectivity index (χ2n) is 3.99. The topological polar surface area (TPSA) is 38.0 Å². The number of aromatic nitrogens is 2. The first-order valence-corrected chi connectivity index (χ1v) is 6.14. The second-order valence-corrected chi connectivity index (χ2v) is 5.07. The summed E-state index contributed by atoms with van der Waals surface area (Å²) in [4.78, 5) is 3.30. The van der Waals surface area contributed by atoms with E-state index >= 15 is 0 Å². The largest absolute Gasteiger partial charge is 0.411 e. The van der Waals surface area contributed by atoms with Crippen LogP contribution < -0.4 is 0 Å². The minimum atomic E-state index is 0.796. The molecule has 2 heterocycles. The molecule has 1 aromatic heterocycles. The molecule has 0 atom stereocenters. The lowest BCUT2D eigenvalue weighted by molar-refractivity contribution is 0.155. The molecule has 4 heteroatoms. The SMILES string of the molecule is On1nc2cccc3c2c1-c1ccccc1S3. The highest BCUT2D eigenvalue weighted by atomic mass is 32.2. The summed E-state index contributed by atoms with van der Waals surface area (Å²) < 4.78 is 0. The number of nitrogens with zero attached hydrogens (tertiary/aromatic N) is 2. The van der Waals surface area contributed by atoms with E-state index in [1.807, 2.05) is 30.3 Å². The van der Waals surface area contributed by atoms with Gasteiger partial charge >= 0.3 is 0 Å². The van der Waals surface area contributed by atoms with E-state index in [0.717, 1.165) is 36.8 Å². The van der Waals surface area contributed by atoms with E-state index < -0.39 is 0 Å². The third kappa shape index (κ3) is 1.10. The summed E-state index contributed by atoms with van der Waals surface area (Å²) in [6.45, 7) is 0. The Bertz CT molecular complexity index is 748. The zero-order chi connectivity index (χ0) is 11.4. The van der Waals surface area contributed by atoms with Crippen LogP contribution >= 0.6 is 11.8 Å². The predicted octanol–water partition coefficient (Wildman–Crippen LogP) is 3.41. The molecule has 82 valence electrons. The molecule has 0 saturated carbocycles. The first kappa shape index (κ1) is 9.13. The Kier molecular flexibility index (Phi) is 1.64. The Morgan fingerprint density at radius 1 is 1.00 bits per heavy atom. The van der Waals surface area contributed by atoms with Gasteiger partial charge in [0.15, 0.2) is 0 Å². The van der Waals surface area contributed by atoms with Crippen LogP contribution in [-0.4, -0.2) is 15.2 Å². The fourth-order valence-corrected chi connectivity index (χ4v) is 3.40. The van der Waals surface area contributed by atoms with Gasteiger partial charge in [-0.1, -0.05) is 36.0 Å². The minimum absolute atomic E-state index is 0.796. The van der Waals surface area contributed by atoms with Crippen molar-refractivity contribution in [1.29, 1.82) is 0 Å². The van der Waals surface area contributed by atoms with Gasteiger partial charge in [0.2, 0.25) is 0 Å². The van der Waals surface area contributed by atoms with E-state index in [1.165, 1.54) is 0 Å². The molecule has 0 bridgehead atoms. The van der Waals surface area contributed by atoms with Gasteiger partial charge in [-0.15, -0.1) is 9.94 Å². The summed E-state index contributed by atoms with van der Waals surface area (Å²) in [7, 11) is 0. The first-order chi connectivity index (χ1) is 8.34. The number of rotatable bonds is 0. The summed E-state index contributed by atoms with van der Waals surface area (Å²) in [5.74, 6) is 0. The summed E-state index contributed by atoms with van der Waals surface area (Å²) in [6, 6.07) is 14.0. The number of hydrogen-bond acceptors (Lipinski definition) is 3. The minimum Gasteiger partial charge on any atom is -0.411 e. The summed E-state index contributed by atoms with van der Waals surface area (Å²) in [5.41, 5.74) is 2.67. The van der Waals surface area contributed by atoms with Gasteiger partial charge in [-0.05, 0) is 18.2 Å². The predicted molar refractivity (Wildman–Crippen MR) is 66.5 cm³/mol. The maximum Gasteiger partial charge on any atom is 0.120 e. The highest BCUT2D eigenvalue weighted by Crippen LogP contribution is 2.47. The van der Waals surface area contributed by atoms with Crippen LogP contribution in [0, 0.1) is 0 Å². The van der Waals surface area contributed by atoms with Gasteiger partial charge in [0, 0.05) is 20.7 Å². The molecule has 2 aromatic carbocycles. The zero-order valence-corrected chi connectivity index (χ0v) is 9.61. The normalized spacial score (nSPS) is 12.7. The van der Waals surface area contributed by atoms with Crippen molar-refractivity contribution in [2.24, 2.45) is 0 Å². The molecule has 0 unspecified atom stereocenters. The monoisotopic (exact) mass is 240 g/mol. The molecule has 0 aliphatic carbocycles. The van der Waals surface area contributed by atoms with E-state index in [-0.39, 0.29) is 0 Å². The average Bonchev–Trinajstić information content (AvgIpc) is 2.69. The average molecular weight is 240 g/mol. The zero-order valence-electron chi connectivity index (χ0n) is 8.79. The Morgan fingerprint density at radius 3 is 2.76 bits per heavy atom. The Balaban J connectivity index is 2.24. The molecule has 3 nitrogen and oxygen atoms in total. The fourth-order valence-electron chi connectivity index (χ4n) is 2.29. The molecule has 0 saturated heterocycles. The number of hydrogen-bond donors (Lipinski definition) is 1. The van der Waals surface area contributed by atoms with Crippen molar-refractivity contribution in [2.45, 2.75) is 9.79 Å². The van der Waals surface area contributed by atoms with Crippen LogP contribution in [0.3, 0.4) is 0 Å². The molecule has 0 fully saturated rings. The van der Waals surface area contributed by atoms with Gasteiger partial charge < -0.3 is 5.21 Å². The van der Waals surface area contributed by atoms with Crippen molar-refractivity contribution in [2.75, 3.05) is 0 Å². The van der Waals surface area contributed by atoms with E-state index in [9.17, 15) is 5.21 Å². The first-order valence-electron chi connectivity index (χ1n) is 5.33. The molecule has 17 heavy (non-hydrogen) atoms. The van der Waals surface area contributed by atoms with Crippen LogP contribution in [0.4, 0.5) is 0 Å². The van der Waals surface area contributed by atoms with E-state index in [0.29, 0.717) is 0 Å². The molecule has 0 radical (unpaired) electrons. The van der Waals surface area contributed by atoms with Gasteiger partial charge in [0.05, 0.1) is 5.52 Å². The molecule has 3 aromatic rings. The molecular weight excluding hydrogens is 232 g/mol. The van der Waals surface area contributed by atoms with Crippen molar-refractivity contribution in [1.82, 2.24) is 9.94 Å². The summed E-state index contributed by atoms with van der Waals surface area (Å²) in [5, 5.41) is 15.1. The van der Waals surface area contributed by atoms with Gasteiger partial charge in [-0.3, -0.25) is 0 Å². The maximum atomic E-state index is 9.94. The number of fused-ring (bicyclic) bond motifs is 2. The molecular formula is C13H8N2OS. The fraction of sp³-hybridized carbons (Fsp3) is 0. The van der Waals surface area contributed by atoms with Crippen LogP contribution in [0.1, 0.15) is 0 Å². The summed E-state index contributed by atoms with van der Waals surface area (Å²) >= 11 is 1.72. The van der Waals surface area contributed by atoms with Crippen LogP contribution in [0.25, 0.3) is 22.2 Å². The third-order valence-electron chi connectivity index (χ3n) is 3.01. The lowest BCUT2D eigenvalue weighted by atomic mass is 10.1. The lowest BCUT2D eigenvalue weighted by Crippen LogP contribution is -1.98. The lowest BCUT2D eigenvalue weighted by Gasteiger charge is -2.15. The van der Waals surface area contributed by atoms with Gasteiger partial charge in [0.25, 0.3) is 0 Å². The van der Waals surface area contributed by atoms with Crippen molar-refractivity contribution >= 4 is 22.7 Å². The molecule has 0 spiro atoms. The summed E-state index contributed by atoms with van der Waals surface area (Å²) in [6.07, 6.45) is 0. The Morgan fingerprint density at radius 2 is 1.82 bits per heavy atom. The smallest absolute Gasteiger partial charge is 0.120 e. The second kappa shape index (κ2) is 3.05. The molecule has 1 N–H and O–H groups in total. The van der Waals surface area contributed by atoms with Crippen molar-refractivity contribution < 1.29 is 5.21 Å². The molecule has 1 aliphatic heterocycles. The Labute approximate surface area is 102 Å². The Hall–Kier alpha value is -1.94. The van der Waals surface area contributed by atoms with E-state index in [2.05, 4.69) is 17.2 Å². The highest BCUT2D eigenvalue weighted by Gasteiger charge is 2.23. The maximum absolute atomic E-state index is 9.94. The van der Waals surface area contributed by atoms with Crippen molar-refractivity contribution in [3.8, 4) is 11.3 Å².